The van der Waals surface area contributed by atoms with E-state index in [-0.39, 0.29) is 12.7 Å². The van der Waals surface area contributed by atoms with E-state index in [1.807, 2.05) is 13.1 Å². The van der Waals surface area contributed by atoms with Crippen LogP contribution in [0.4, 0.5) is 4.39 Å². The van der Waals surface area contributed by atoms with E-state index in [0.29, 0.717) is 6.42 Å². The Kier molecular flexibility index (Phi) is 7.21. The maximum Gasteiger partial charge on any atom is 0.0913 e. The zero-order chi connectivity index (χ0) is 8.53. The number of hydrogen-bond acceptors (Lipinski definition) is 1. The van der Waals surface area contributed by atoms with Crippen molar-refractivity contribution in [3.8, 4) is 0 Å². The van der Waals surface area contributed by atoms with Crippen LogP contribution >= 0.6 is 0 Å². The highest BCUT2D eigenvalue weighted by Gasteiger charge is 1.94. The normalized spacial score (nSPS) is 13.7. The third-order valence-corrected chi connectivity index (χ3v) is 1.50. The lowest BCUT2D eigenvalue weighted by atomic mass is 10.2. The molecule has 1 atom stereocenters. The zero-order valence-corrected chi connectivity index (χ0v) is 7.44. The fraction of sp³-hybridized carbons (Fsp3) is 0.778. The topological polar surface area (TPSA) is 12.0 Å². The average Bonchev–Trinajstić information content (AvgIpc) is 1.99. The zero-order valence-electron chi connectivity index (χ0n) is 7.44. The van der Waals surface area contributed by atoms with E-state index >= 15 is 0 Å². The summed E-state index contributed by atoms with van der Waals surface area (Å²) in [5, 5.41) is 3.10. The van der Waals surface area contributed by atoms with Crippen LogP contribution in [0.3, 0.4) is 0 Å². The van der Waals surface area contributed by atoms with E-state index in [2.05, 4.69) is 18.3 Å². The van der Waals surface area contributed by atoms with Crippen molar-refractivity contribution < 1.29 is 4.39 Å². The van der Waals surface area contributed by atoms with Crippen molar-refractivity contribution in [2.24, 2.45) is 0 Å². The summed E-state index contributed by atoms with van der Waals surface area (Å²) in [6.45, 7) is 3.88. The number of allylic oxidation sites excluding steroid dienone is 1. The quantitative estimate of drug-likeness (QED) is 0.628. The van der Waals surface area contributed by atoms with Gasteiger partial charge in [-0.25, -0.2) is 0 Å². The van der Waals surface area contributed by atoms with Crippen molar-refractivity contribution in [2.75, 3.05) is 6.67 Å². The molecule has 0 aromatic carbocycles. The van der Waals surface area contributed by atoms with Crippen molar-refractivity contribution in [3.05, 3.63) is 12.3 Å². The second-order valence-corrected chi connectivity index (χ2v) is 2.74. The lowest BCUT2D eigenvalue weighted by Gasteiger charge is -2.07. The lowest BCUT2D eigenvalue weighted by Crippen LogP contribution is -2.20. The Labute approximate surface area is 68.7 Å². The molecule has 0 heterocycles. The summed E-state index contributed by atoms with van der Waals surface area (Å²) in [5.41, 5.74) is 0. The molecule has 0 rings (SSSR count). The standard InChI is InChI=1S/C9H18FN/c1-3-4-5-8-11-9(2)6-7-10/h5,8-9,11H,3-4,6-7H2,1-2H3/b8-5-. The van der Waals surface area contributed by atoms with Crippen molar-refractivity contribution in [2.45, 2.75) is 39.2 Å². The molecule has 0 aliphatic carbocycles. The van der Waals surface area contributed by atoms with Gasteiger partial charge in [-0.05, 0) is 26.0 Å². The Morgan fingerprint density at radius 3 is 2.82 bits per heavy atom. The van der Waals surface area contributed by atoms with Gasteiger partial charge < -0.3 is 5.32 Å². The minimum atomic E-state index is -0.240. The van der Waals surface area contributed by atoms with Crippen molar-refractivity contribution in [1.29, 1.82) is 0 Å². The van der Waals surface area contributed by atoms with Gasteiger partial charge >= 0.3 is 0 Å². The number of alkyl halides is 1. The van der Waals surface area contributed by atoms with Crippen LogP contribution in [-0.2, 0) is 0 Å². The minimum Gasteiger partial charge on any atom is -0.389 e. The molecular weight excluding hydrogens is 141 g/mol. The number of halogens is 1. The number of nitrogens with one attached hydrogen (secondary N) is 1. The molecule has 0 saturated heterocycles. The van der Waals surface area contributed by atoms with Crippen molar-refractivity contribution in [3.63, 3.8) is 0 Å². The average molecular weight is 159 g/mol. The smallest absolute Gasteiger partial charge is 0.0913 e. The summed E-state index contributed by atoms with van der Waals surface area (Å²) in [6, 6.07) is 0.258. The van der Waals surface area contributed by atoms with E-state index in [9.17, 15) is 4.39 Å². The molecule has 0 aliphatic heterocycles. The molecule has 11 heavy (non-hydrogen) atoms. The first-order valence-corrected chi connectivity index (χ1v) is 4.28. The highest BCUT2D eigenvalue weighted by atomic mass is 19.1. The Morgan fingerprint density at radius 2 is 2.27 bits per heavy atom. The van der Waals surface area contributed by atoms with E-state index in [0.717, 1.165) is 12.8 Å². The summed E-state index contributed by atoms with van der Waals surface area (Å²) in [4.78, 5) is 0. The molecule has 0 radical (unpaired) electrons. The summed E-state index contributed by atoms with van der Waals surface area (Å²) < 4.78 is 11.8. The molecule has 1 nitrogen and oxygen atoms in total. The molecule has 66 valence electrons. The largest absolute Gasteiger partial charge is 0.389 e. The Bertz CT molecular complexity index is 102. The van der Waals surface area contributed by atoms with Gasteiger partial charge in [0.25, 0.3) is 0 Å². The molecule has 1 N–H and O–H groups in total. The van der Waals surface area contributed by atoms with Gasteiger partial charge in [-0.15, -0.1) is 0 Å². The van der Waals surface area contributed by atoms with Gasteiger partial charge in [0.15, 0.2) is 0 Å². The SMILES string of the molecule is CCC/C=C\NC(C)CCF. The minimum absolute atomic E-state index is 0.240. The predicted molar refractivity (Wildman–Crippen MR) is 47.2 cm³/mol. The summed E-state index contributed by atoms with van der Waals surface area (Å²) in [7, 11) is 0. The van der Waals surface area contributed by atoms with Crippen LogP contribution < -0.4 is 5.32 Å². The van der Waals surface area contributed by atoms with Gasteiger partial charge in [-0.2, -0.15) is 0 Å². The van der Waals surface area contributed by atoms with Crippen molar-refractivity contribution >= 4 is 0 Å². The second kappa shape index (κ2) is 7.58. The van der Waals surface area contributed by atoms with Crippen LogP contribution in [-0.4, -0.2) is 12.7 Å². The van der Waals surface area contributed by atoms with Crippen LogP contribution in [0.15, 0.2) is 12.3 Å². The first kappa shape index (κ1) is 10.5. The number of hydrogen-bond donors (Lipinski definition) is 1. The van der Waals surface area contributed by atoms with Crippen molar-refractivity contribution in [1.82, 2.24) is 5.32 Å². The van der Waals surface area contributed by atoms with Gasteiger partial charge in [0.2, 0.25) is 0 Å². The van der Waals surface area contributed by atoms with E-state index in [1.54, 1.807) is 0 Å². The maximum absolute atomic E-state index is 11.8. The molecule has 0 aromatic rings. The van der Waals surface area contributed by atoms with Gasteiger partial charge in [-0.1, -0.05) is 19.4 Å². The fourth-order valence-electron chi connectivity index (χ4n) is 0.729. The van der Waals surface area contributed by atoms with E-state index in [1.165, 1.54) is 0 Å². The van der Waals surface area contributed by atoms with E-state index < -0.39 is 0 Å². The molecular formula is C9H18FN. The molecule has 0 aliphatic rings. The van der Waals surface area contributed by atoms with Crippen LogP contribution in [0.5, 0.6) is 0 Å². The van der Waals surface area contributed by atoms with Crippen LogP contribution in [0.2, 0.25) is 0 Å². The first-order chi connectivity index (χ1) is 5.31. The monoisotopic (exact) mass is 159 g/mol. The third-order valence-electron chi connectivity index (χ3n) is 1.50. The molecule has 0 spiro atoms. The predicted octanol–water partition coefficient (Wildman–Crippen LogP) is 2.64. The molecule has 0 fully saturated rings. The number of unbranched alkanes of at least 4 members (excludes halogenated alkanes) is 1. The molecule has 0 aromatic heterocycles. The number of rotatable bonds is 6. The van der Waals surface area contributed by atoms with Gasteiger partial charge in [0.1, 0.15) is 0 Å². The third kappa shape index (κ3) is 7.37. The molecule has 0 bridgehead atoms. The fourth-order valence-corrected chi connectivity index (χ4v) is 0.729. The molecule has 2 heteroatoms. The highest BCUT2D eigenvalue weighted by Crippen LogP contribution is 1.92. The Balaban J connectivity index is 3.21. The lowest BCUT2D eigenvalue weighted by molar-refractivity contribution is 0.429. The van der Waals surface area contributed by atoms with E-state index in [4.69, 9.17) is 0 Å². The maximum atomic E-state index is 11.8. The first-order valence-electron chi connectivity index (χ1n) is 4.28. The summed E-state index contributed by atoms with van der Waals surface area (Å²) in [5.74, 6) is 0. The summed E-state index contributed by atoms with van der Waals surface area (Å²) >= 11 is 0. The van der Waals surface area contributed by atoms with Crippen LogP contribution in [0, 0.1) is 0 Å². The van der Waals surface area contributed by atoms with Crippen LogP contribution in [0.25, 0.3) is 0 Å². The van der Waals surface area contributed by atoms with Crippen LogP contribution in [0.1, 0.15) is 33.1 Å². The molecule has 0 saturated carbocycles. The second-order valence-electron chi connectivity index (χ2n) is 2.74. The Hall–Kier alpha value is -0.530. The molecule has 1 unspecified atom stereocenters. The molecule has 0 amide bonds. The van der Waals surface area contributed by atoms with Gasteiger partial charge in [0.05, 0.1) is 6.67 Å². The Morgan fingerprint density at radius 1 is 1.55 bits per heavy atom. The summed E-state index contributed by atoms with van der Waals surface area (Å²) in [6.07, 6.45) is 6.85. The highest BCUT2D eigenvalue weighted by molar-refractivity contribution is 4.81. The van der Waals surface area contributed by atoms with Gasteiger partial charge in [0, 0.05) is 6.04 Å². The van der Waals surface area contributed by atoms with Gasteiger partial charge in [-0.3, -0.25) is 4.39 Å².